The number of hydrogen-bond acceptors (Lipinski definition) is 7. The average molecular weight is 530 g/mol. The number of hydrogen-bond donors (Lipinski definition) is 1. The Morgan fingerprint density at radius 2 is 1.57 bits per heavy atom. The molecule has 1 aliphatic rings. The van der Waals surface area contributed by atoms with Crippen molar-refractivity contribution in [2.24, 2.45) is 0 Å². The first-order valence-corrected chi connectivity index (χ1v) is 11.1. The first kappa shape index (κ1) is 26.4. The van der Waals surface area contributed by atoms with Crippen LogP contribution in [0.5, 0.6) is 6.01 Å². The maximum absolute atomic E-state index is 13.1. The van der Waals surface area contributed by atoms with Crippen LogP contribution in [0.15, 0.2) is 48.5 Å². The predicted molar refractivity (Wildman–Crippen MR) is 120 cm³/mol. The topological polar surface area (TPSA) is 66.4 Å². The summed E-state index contributed by atoms with van der Waals surface area (Å²) >= 11 is 0. The van der Waals surface area contributed by atoms with Crippen LogP contribution in [0.1, 0.15) is 11.1 Å². The Morgan fingerprint density at radius 3 is 2.22 bits per heavy atom. The van der Waals surface area contributed by atoms with E-state index in [-0.39, 0.29) is 23.4 Å². The van der Waals surface area contributed by atoms with Crippen molar-refractivity contribution in [3.8, 4) is 6.01 Å². The third kappa shape index (κ3) is 7.65. The van der Waals surface area contributed by atoms with Crippen molar-refractivity contribution in [1.82, 2.24) is 19.9 Å². The zero-order chi connectivity index (χ0) is 26.6. The number of alkyl halides is 6. The number of nitrogens with zero attached hydrogens (tertiary/aromatic N) is 5. The van der Waals surface area contributed by atoms with Crippen LogP contribution < -0.4 is 15.0 Å². The van der Waals surface area contributed by atoms with Gasteiger partial charge in [0.1, 0.15) is 5.82 Å². The molecule has 2 aromatic carbocycles. The second-order valence-electron chi connectivity index (χ2n) is 8.24. The van der Waals surface area contributed by atoms with E-state index in [4.69, 9.17) is 4.74 Å². The molecule has 1 N–H and O–H groups in total. The van der Waals surface area contributed by atoms with Crippen LogP contribution in [0.3, 0.4) is 0 Å². The molecule has 0 saturated carbocycles. The van der Waals surface area contributed by atoms with Gasteiger partial charge < -0.3 is 15.0 Å². The highest BCUT2D eigenvalue weighted by molar-refractivity contribution is 5.56. The van der Waals surface area contributed by atoms with E-state index in [2.05, 4.69) is 25.2 Å². The van der Waals surface area contributed by atoms with Crippen molar-refractivity contribution in [2.75, 3.05) is 43.0 Å². The number of piperazine rings is 1. The van der Waals surface area contributed by atoms with Crippen molar-refractivity contribution in [3.05, 3.63) is 65.5 Å². The third-order valence-corrected chi connectivity index (χ3v) is 5.39. The van der Waals surface area contributed by atoms with Crippen LogP contribution in [0, 0.1) is 5.82 Å². The first-order valence-electron chi connectivity index (χ1n) is 11.1. The normalized spacial score (nSPS) is 15.1. The highest BCUT2D eigenvalue weighted by atomic mass is 19.4. The Hall–Kier alpha value is -3.68. The zero-order valence-electron chi connectivity index (χ0n) is 19.2. The minimum absolute atomic E-state index is 0.0159. The van der Waals surface area contributed by atoms with E-state index in [1.807, 2.05) is 0 Å². The smallest absolute Gasteiger partial charge is 0.422 e. The number of rotatable bonds is 7. The van der Waals surface area contributed by atoms with Gasteiger partial charge >= 0.3 is 18.4 Å². The first-order chi connectivity index (χ1) is 17.4. The van der Waals surface area contributed by atoms with E-state index >= 15 is 0 Å². The minimum atomic E-state index is -4.65. The number of benzene rings is 2. The highest BCUT2D eigenvalue weighted by Gasteiger charge is 2.31. The molecule has 0 unspecified atom stereocenters. The van der Waals surface area contributed by atoms with Crippen LogP contribution in [-0.2, 0) is 12.7 Å². The van der Waals surface area contributed by atoms with Crippen molar-refractivity contribution >= 4 is 17.6 Å². The van der Waals surface area contributed by atoms with Gasteiger partial charge in [-0.25, -0.2) is 4.39 Å². The largest absolute Gasteiger partial charge is 0.454 e. The molecule has 0 aliphatic carbocycles. The lowest BCUT2D eigenvalue weighted by molar-refractivity contribution is -0.154. The number of halogens is 7. The van der Waals surface area contributed by atoms with Crippen LogP contribution in [0.25, 0.3) is 0 Å². The fourth-order valence-corrected chi connectivity index (χ4v) is 3.61. The molecule has 2 heterocycles. The Labute approximate surface area is 206 Å². The molecule has 4 rings (SSSR count). The molecule has 0 amide bonds. The zero-order valence-corrected chi connectivity index (χ0v) is 19.2. The Kier molecular flexibility index (Phi) is 7.66. The molecule has 0 bridgehead atoms. The van der Waals surface area contributed by atoms with Gasteiger partial charge in [-0.15, -0.1) is 0 Å². The van der Waals surface area contributed by atoms with Gasteiger partial charge in [-0.1, -0.05) is 18.2 Å². The fraction of sp³-hybridized carbons (Fsp3) is 0.348. The molecule has 1 aromatic heterocycles. The summed E-state index contributed by atoms with van der Waals surface area (Å²) in [5.74, 6) is -0.583. The van der Waals surface area contributed by atoms with Crippen LogP contribution >= 0.6 is 0 Å². The molecular weight excluding hydrogens is 509 g/mol. The highest BCUT2D eigenvalue weighted by Crippen LogP contribution is 2.31. The second-order valence-corrected chi connectivity index (χ2v) is 8.24. The Balaban J connectivity index is 1.50. The molecule has 1 fully saturated rings. The van der Waals surface area contributed by atoms with E-state index in [9.17, 15) is 30.7 Å². The number of ether oxygens (including phenoxy) is 1. The number of aromatic nitrogens is 3. The van der Waals surface area contributed by atoms with Gasteiger partial charge in [-0.2, -0.15) is 41.3 Å². The molecule has 37 heavy (non-hydrogen) atoms. The van der Waals surface area contributed by atoms with E-state index in [1.165, 1.54) is 24.3 Å². The lowest BCUT2D eigenvalue weighted by Gasteiger charge is -2.34. The Bertz CT molecular complexity index is 1200. The van der Waals surface area contributed by atoms with E-state index in [0.29, 0.717) is 32.7 Å². The van der Waals surface area contributed by atoms with Crippen molar-refractivity contribution in [3.63, 3.8) is 0 Å². The van der Waals surface area contributed by atoms with Gasteiger partial charge in [0.05, 0.1) is 5.56 Å². The van der Waals surface area contributed by atoms with Gasteiger partial charge in [0.2, 0.25) is 11.9 Å². The molecule has 7 nitrogen and oxygen atoms in total. The molecule has 0 atom stereocenters. The molecule has 0 radical (unpaired) electrons. The Morgan fingerprint density at radius 1 is 0.865 bits per heavy atom. The molecule has 3 aromatic rings. The predicted octanol–water partition coefficient (Wildman–Crippen LogP) is 5.04. The van der Waals surface area contributed by atoms with E-state index in [0.717, 1.165) is 17.7 Å². The van der Waals surface area contributed by atoms with Crippen LogP contribution in [-0.4, -0.2) is 58.8 Å². The summed E-state index contributed by atoms with van der Waals surface area (Å²) in [6, 6.07) is 9.72. The summed E-state index contributed by atoms with van der Waals surface area (Å²) in [4.78, 5) is 15.8. The van der Waals surface area contributed by atoms with Gasteiger partial charge in [0, 0.05) is 38.4 Å². The average Bonchev–Trinajstić information content (AvgIpc) is 2.84. The lowest BCUT2D eigenvalue weighted by atomic mass is 10.2. The third-order valence-electron chi connectivity index (χ3n) is 5.39. The van der Waals surface area contributed by atoms with E-state index in [1.54, 1.807) is 17.0 Å². The molecule has 14 heteroatoms. The van der Waals surface area contributed by atoms with Gasteiger partial charge in [-0.05, 0) is 35.9 Å². The summed E-state index contributed by atoms with van der Waals surface area (Å²) in [7, 11) is 0. The monoisotopic (exact) mass is 530 g/mol. The quantitative estimate of drug-likeness (QED) is 0.430. The summed E-state index contributed by atoms with van der Waals surface area (Å²) in [6.45, 7) is 0.856. The van der Waals surface area contributed by atoms with Crippen molar-refractivity contribution in [1.29, 1.82) is 0 Å². The maximum Gasteiger partial charge on any atom is 0.422 e. The summed E-state index contributed by atoms with van der Waals surface area (Å²) in [5.41, 5.74) is -0.0131. The molecule has 1 aliphatic heterocycles. The van der Waals surface area contributed by atoms with E-state index < -0.39 is 30.5 Å². The second kappa shape index (κ2) is 10.7. The van der Waals surface area contributed by atoms with Crippen LogP contribution in [0.4, 0.5) is 48.3 Å². The molecule has 198 valence electrons. The minimum Gasteiger partial charge on any atom is -0.454 e. The van der Waals surface area contributed by atoms with Crippen molar-refractivity contribution < 1.29 is 35.5 Å². The fourth-order valence-electron chi connectivity index (χ4n) is 3.61. The van der Waals surface area contributed by atoms with Crippen molar-refractivity contribution in [2.45, 2.75) is 18.9 Å². The number of nitrogens with one attached hydrogen (secondary N) is 1. The molecular formula is C23H21F7N6O. The molecule has 1 saturated heterocycles. The summed E-state index contributed by atoms with van der Waals surface area (Å²) in [5, 5.41) is 2.59. The van der Waals surface area contributed by atoms with Gasteiger partial charge in [0.15, 0.2) is 6.61 Å². The van der Waals surface area contributed by atoms with Gasteiger partial charge in [-0.3, -0.25) is 4.90 Å². The van der Waals surface area contributed by atoms with Crippen LogP contribution in [0.2, 0.25) is 0 Å². The standard InChI is InChI=1S/C23H21F7N6O/c24-17-6-4-15(5-7-17)13-35-8-10-36(11-9-35)20-32-19(33-21(34-20)37-14-22(25,26)27)31-18-3-1-2-16(12-18)23(28,29)30/h1-7,12H,8-11,13-14H2,(H,31,32,33,34). The number of anilines is 3. The molecule has 0 spiro atoms. The SMILES string of the molecule is Fc1ccc(CN2CCN(c3nc(Nc4cccc(C(F)(F)F)c4)nc(OCC(F)(F)F)n3)CC2)cc1. The van der Waals surface area contributed by atoms with Gasteiger partial charge in [0.25, 0.3) is 0 Å². The lowest BCUT2D eigenvalue weighted by Crippen LogP contribution is -2.46. The summed E-state index contributed by atoms with van der Waals surface area (Å²) in [6.07, 6.45) is -9.23. The maximum atomic E-state index is 13.1. The summed E-state index contributed by atoms with van der Waals surface area (Å²) < 4.78 is 95.1.